The third-order valence-electron chi connectivity index (χ3n) is 7.93. The van der Waals surface area contributed by atoms with Crippen molar-refractivity contribution in [1.82, 2.24) is 10.2 Å². The van der Waals surface area contributed by atoms with Gasteiger partial charge in [-0.1, -0.05) is 43.2 Å². The number of benzene rings is 1. The maximum Gasteiger partial charge on any atom is 0.233 e. The number of likely N-dealkylation sites (tertiary alicyclic amines) is 1. The lowest BCUT2D eigenvalue weighted by molar-refractivity contribution is -0.133. The summed E-state index contributed by atoms with van der Waals surface area (Å²) in [6.45, 7) is 2.65. The molecular weight excluding hydrogens is 364 g/mol. The Hall–Kier alpha value is -1.88. The second-order valence-electron chi connectivity index (χ2n) is 9.65. The molecule has 4 fully saturated rings. The highest BCUT2D eigenvalue weighted by Gasteiger charge is 2.58. The normalized spacial score (nSPS) is 27.9. The monoisotopic (exact) mass is 396 g/mol. The van der Waals surface area contributed by atoms with Crippen LogP contribution in [0.3, 0.4) is 0 Å². The molecule has 2 saturated carbocycles. The number of rotatable bonds is 4. The first-order chi connectivity index (χ1) is 14.1. The highest BCUT2D eigenvalue weighted by Crippen LogP contribution is 2.52. The molecule has 1 aromatic carbocycles. The van der Waals surface area contributed by atoms with Crippen molar-refractivity contribution in [2.24, 2.45) is 11.3 Å². The molecule has 1 atom stereocenters. The molecule has 5 rings (SSSR count). The highest BCUT2D eigenvalue weighted by atomic mass is 16.5. The van der Waals surface area contributed by atoms with Crippen molar-refractivity contribution < 1.29 is 14.3 Å². The van der Waals surface area contributed by atoms with Gasteiger partial charge in [0.15, 0.2) is 0 Å². The van der Waals surface area contributed by atoms with Crippen molar-refractivity contribution in [3.8, 4) is 0 Å². The summed E-state index contributed by atoms with van der Waals surface area (Å²) < 4.78 is 5.63. The van der Waals surface area contributed by atoms with Gasteiger partial charge in [-0.2, -0.15) is 0 Å². The molecule has 1 aromatic rings. The Morgan fingerprint density at radius 3 is 2.34 bits per heavy atom. The van der Waals surface area contributed by atoms with Crippen LogP contribution < -0.4 is 5.32 Å². The number of carbonyl (C=O) groups excluding carboxylic acids is 2. The minimum absolute atomic E-state index is 0.109. The van der Waals surface area contributed by atoms with E-state index in [9.17, 15) is 9.59 Å². The third kappa shape index (κ3) is 3.37. The van der Waals surface area contributed by atoms with Crippen molar-refractivity contribution in [2.75, 3.05) is 26.3 Å². The number of hydrogen-bond donors (Lipinski definition) is 1. The zero-order valence-electron chi connectivity index (χ0n) is 17.2. The number of amides is 2. The predicted octanol–water partition coefficient (Wildman–Crippen LogP) is 3.03. The Morgan fingerprint density at radius 2 is 1.69 bits per heavy atom. The SMILES string of the molecule is O=C(NC1CCCC1)C1CN(C(=O)C2(c3ccccc3)CC2)CC12CCOCC2. The molecule has 4 aliphatic rings. The van der Waals surface area contributed by atoms with Gasteiger partial charge >= 0.3 is 0 Å². The van der Waals surface area contributed by atoms with Gasteiger partial charge in [-0.05, 0) is 44.1 Å². The van der Waals surface area contributed by atoms with E-state index in [1.165, 1.54) is 12.8 Å². The third-order valence-corrected chi connectivity index (χ3v) is 7.93. The van der Waals surface area contributed by atoms with Crippen LogP contribution in [-0.4, -0.2) is 49.1 Å². The van der Waals surface area contributed by atoms with Gasteiger partial charge in [-0.25, -0.2) is 0 Å². The van der Waals surface area contributed by atoms with E-state index >= 15 is 0 Å². The fourth-order valence-corrected chi connectivity index (χ4v) is 5.95. The van der Waals surface area contributed by atoms with Gasteiger partial charge in [-0.3, -0.25) is 9.59 Å². The number of carbonyl (C=O) groups is 2. The van der Waals surface area contributed by atoms with E-state index < -0.39 is 0 Å². The van der Waals surface area contributed by atoms with Crippen molar-refractivity contribution >= 4 is 11.8 Å². The lowest BCUT2D eigenvalue weighted by atomic mass is 9.71. The second-order valence-corrected chi connectivity index (χ2v) is 9.65. The number of ether oxygens (including phenoxy) is 1. The molecule has 0 radical (unpaired) electrons. The van der Waals surface area contributed by atoms with Crippen LogP contribution in [0.2, 0.25) is 0 Å². The van der Waals surface area contributed by atoms with Gasteiger partial charge in [0.2, 0.25) is 11.8 Å². The molecule has 2 aliphatic carbocycles. The molecule has 2 aliphatic heterocycles. The molecule has 156 valence electrons. The van der Waals surface area contributed by atoms with Gasteiger partial charge in [0.1, 0.15) is 0 Å². The van der Waals surface area contributed by atoms with Gasteiger partial charge in [0.25, 0.3) is 0 Å². The minimum atomic E-state index is -0.357. The maximum absolute atomic E-state index is 13.6. The van der Waals surface area contributed by atoms with Crippen LogP contribution in [0.4, 0.5) is 0 Å². The fraction of sp³-hybridized carbons (Fsp3) is 0.667. The number of nitrogens with one attached hydrogen (secondary N) is 1. The lowest BCUT2D eigenvalue weighted by Crippen LogP contribution is -2.46. The molecule has 2 saturated heterocycles. The molecule has 2 heterocycles. The summed E-state index contributed by atoms with van der Waals surface area (Å²) in [7, 11) is 0. The van der Waals surface area contributed by atoms with Crippen LogP contribution in [0, 0.1) is 11.3 Å². The molecule has 2 amide bonds. The maximum atomic E-state index is 13.6. The summed E-state index contributed by atoms with van der Waals surface area (Å²) >= 11 is 0. The zero-order valence-corrected chi connectivity index (χ0v) is 17.2. The minimum Gasteiger partial charge on any atom is -0.381 e. The molecular formula is C24H32N2O3. The summed E-state index contributed by atoms with van der Waals surface area (Å²) in [6.07, 6.45) is 8.18. The summed E-state index contributed by atoms with van der Waals surface area (Å²) in [5, 5.41) is 3.32. The van der Waals surface area contributed by atoms with Crippen molar-refractivity contribution in [1.29, 1.82) is 0 Å². The second kappa shape index (κ2) is 7.42. The first-order valence-corrected chi connectivity index (χ1v) is 11.4. The molecule has 1 N–H and O–H groups in total. The number of nitrogens with zero attached hydrogens (tertiary/aromatic N) is 1. The number of hydrogen-bond acceptors (Lipinski definition) is 3. The Labute approximate surface area is 173 Å². The van der Waals surface area contributed by atoms with Gasteiger partial charge in [-0.15, -0.1) is 0 Å². The molecule has 5 heteroatoms. The smallest absolute Gasteiger partial charge is 0.233 e. The van der Waals surface area contributed by atoms with Crippen LogP contribution in [0.25, 0.3) is 0 Å². The summed E-state index contributed by atoms with van der Waals surface area (Å²) in [5.74, 6) is 0.284. The zero-order chi connectivity index (χ0) is 19.9. The average molecular weight is 397 g/mol. The Kier molecular flexibility index (Phi) is 4.89. The van der Waals surface area contributed by atoms with Gasteiger partial charge in [0.05, 0.1) is 11.3 Å². The first kappa shape index (κ1) is 19.1. The standard InChI is InChI=1S/C24H32N2O3/c27-21(25-19-8-4-5-9-19)20-16-26(17-23(20)12-14-29-15-13-23)22(28)24(10-11-24)18-6-2-1-3-7-18/h1-3,6-7,19-20H,4-5,8-17H2,(H,25,27). The van der Waals surface area contributed by atoms with Crippen LogP contribution in [-0.2, 0) is 19.7 Å². The van der Waals surface area contributed by atoms with Crippen molar-refractivity contribution in [2.45, 2.75) is 62.8 Å². The molecule has 0 bridgehead atoms. The fourth-order valence-electron chi connectivity index (χ4n) is 5.95. The van der Waals surface area contributed by atoms with E-state index in [-0.39, 0.29) is 28.6 Å². The van der Waals surface area contributed by atoms with Crippen LogP contribution in [0.1, 0.15) is 56.9 Å². The molecule has 0 aromatic heterocycles. The first-order valence-electron chi connectivity index (χ1n) is 11.4. The lowest BCUT2D eigenvalue weighted by Gasteiger charge is -2.37. The topological polar surface area (TPSA) is 58.6 Å². The Balaban J connectivity index is 1.36. The van der Waals surface area contributed by atoms with E-state index in [1.807, 2.05) is 23.1 Å². The van der Waals surface area contributed by atoms with Crippen molar-refractivity contribution in [3.63, 3.8) is 0 Å². The van der Waals surface area contributed by atoms with Crippen molar-refractivity contribution in [3.05, 3.63) is 35.9 Å². The van der Waals surface area contributed by atoms with E-state index in [4.69, 9.17) is 4.74 Å². The average Bonchev–Trinajstić information content (AvgIpc) is 3.26. The van der Waals surface area contributed by atoms with E-state index in [0.29, 0.717) is 32.3 Å². The largest absolute Gasteiger partial charge is 0.381 e. The van der Waals surface area contributed by atoms with E-state index in [2.05, 4.69) is 17.4 Å². The quantitative estimate of drug-likeness (QED) is 0.851. The summed E-state index contributed by atoms with van der Waals surface area (Å²) in [5.41, 5.74) is 0.651. The molecule has 1 unspecified atom stereocenters. The van der Waals surface area contributed by atoms with Crippen LogP contribution in [0.5, 0.6) is 0 Å². The Morgan fingerprint density at radius 1 is 1.00 bits per heavy atom. The van der Waals surface area contributed by atoms with E-state index in [1.54, 1.807) is 0 Å². The summed E-state index contributed by atoms with van der Waals surface area (Å²) in [6, 6.07) is 10.5. The van der Waals surface area contributed by atoms with E-state index in [0.717, 1.165) is 44.1 Å². The van der Waals surface area contributed by atoms with Gasteiger partial charge in [0, 0.05) is 37.8 Å². The predicted molar refractivity (Wildman–Crippen MR) is 110 cm³/mol. The highest BCUT2D eigenvalue weighted by molar-refractivity contribution is 5.92. The summed E-state index contributed by atoms with van der Waals surface area (Å²) in [4.78, 5) is 28.9. The van der Waals surface area contributed by atoms with Gasteiger partial charge < -0.3 is 15.0 Å². The molecule has 29 heavy (non-hydrogen) atoms. The molecule has 1 spiro atoms. The van der Waals surface area contributed by atoms with Crippen LogP contribution in [0.15, 0.2) is 30.3 Å². The molecule has 5 nitrogen and oxygen atoms in total. The Bertz CT molecular complexity index is 762. The van der Waals surface area contributed by atoms with Crippen LogP contribution >= 0.6 is 0 Å².